The lowest BCUT2D eigenvalue weighted by Crippen LogP contribution is -2.44. The fraction of sp³-hybridized carbons (Fsp3) is 0.467. The highest BCUT2D eigenvalue weighted by molar-refractivity contribution is 5.90. The molecule has 1 aromatic carbocycles. The van der Waals surface area contributed by atoms with Gasteiger partial charge in [-0.3, -0.25) is 9.59 Å². The molecule has 23 heavy (non-hydrogen) atoms. The first-order valence-corrected chi connectivity index (χ1v) is 7.07. The van der Waals surface area contributed by atoms with Gasteiger partial charge in [0, 0.05) is 13.5 Å². The first kappa shape index (κ1) is 17.3. The predicted octanol–water partition coefficient (Wildman–Crippen LogP) is 1.79. The Balaban J connectivity index is 2.15. The third-order valence-corrected chi connectivity index (χ3v) is 3.58. The van der Waals surface area contributed by atoms with E-state index in [1.165, 1.54) is 19.2 Å². The largest absolute Gasteiger partial charge is 0.416 e. The molecule has 1 fully saturated rings. The summed E-state index contributed by atoms with van der Waals surface area (Å²) in [5, 5.41) is 5.15. The number of carbonyl (C=O) groups excluding carboxylic acids is 2. The monoisotopic (exact) mass is 330 g/mol. The number of amides is 2. The van der Waals surface area contributed by atoms with Gasteiger partial charge in [0.05, 0.1) is 18.2 Å². The maximum absolute atomic E-state index is 12.8. The highest BCUT2D eigenvalue weighted by Gasteiger charge is 2.32. The van der Waals surface area contributed by atoms with E-state index in [0.29, 0.717) is 12.0 Å². The second kappa shape index (κ2) is 6.99. The van der Waals surface area contributed by atoms with Crippen LogP contribution in [-0.2, 0) is 20.5 Å². The molecule has 1 aliphatic rings. The fourth-order valence-electron chi connectivity index (χ4n) is 2.40. The maximum atomic E-state index is 12.8. The number of methoxy groups -OCH3 is 1. The molecule has 1 aliphatic heterocycles. The van der Waals surface area contributed by atoms with E-state index < -0.39 is 29.7 Å². The van der Waals surface area contributed by atoms with Crippen LogP contribution < -0.4 is 10.6 Å². The van der Waals surface area contributed by atoms with E-state index in [9.17, 15) is 22.8 Å². The van der Waals surface area contributed by atoms with Crippen molar-refractivity contribution in [2.45, 2.75) is 31.1 Å². The van der Waals surface area contributed by atoms with E-state index >= 15 is 0 Å². The summed E-state index contributed by atoms with van der Waals surface area (Å²) in [5.74, 6) is -0.650. The quantitative estimate of drug-likeness (QED) is 0.865. The zero-order valence-electron chi connectivity index (χ0n) is 12.4. The van der Waals surface area contributed by atoms with E-state index in [4.69, 9.17) is 4.74 Å². The zero-order valence-corrected chi connectivity index (χ0v) is 12.4. The average Bonchev–Trinajstić information content (AvgIpc) is 2.93. The first-order valence-electron chi connectivity index (χ1n) is 7.07. The van der Waals surface area contributed by atoms with E-state index in [2.05, 4.69) is 10.6 Å². The van der Waals surface area contributed by atoms with Crippen LogP contribution in [0.1, 0.15) is 30.0 Å². The van der Waals surface area contributed by atoms with Gasteiger partial charge in [0.25, 0.3) is 0 Å². The number of ether oxygens (including phenoxy) is 1. The first-order chi connectivity index (χ1) is 10.8. The van der Waals surface area contributed by atoms with Crippen LogP contribution in [0.4, 0.5) is 13.2 Å². The van der Waals surface area contributed by atoms with Gasteiger partial charge in [-0.05, 0) is 24.1 Å². The third-order valence-electron chi connectivity index (χ3n) is 3.58. The summed E-state index contributed by atoms with van der Waals surface area (Å²) >= 11 is 0. The molecule has 0 bridgehead atoms. The number of nitrogens with one attached hydrogen (secondary N) is 2. The summed E-state index contributed by atoms with van der Waals surface area (Å²) in [6.07, 6.45) is -3.83. The molecule has 126 valence electrons. The summed E-state index contributed by atoms with van der Waals surface area (Å²) in [6.45, 7) is 0.0215. The lowest BCUT2D eigenvalue weighted by Gasteiger charge is -2.21. The molecule has 0 spiro atoms. The maximum Gasteiger partial charge on any atom is 0.416 e. The molecule has 2 N–H and O–H groups in total. The Bertz CT molecular complexity index is 590. The number of rotatable bonds is 5. The van der Waals surface area contributed by atoms with Gasteiger partial charge in [-0.15, -0.1) is 0 Å². The molecule has 0 saturated carbocycles. The number of benzene rings is 1. The second-order valence-corrected chi connectivity index (χ2v) is 5.30. The van der Waals surface area contributed by atoms with Crippen molar-refractivity contribution in [1.29, 1.82) is 0 Å². The number of carbonyl (C=O) groups is 2. The Kier molecular flexibility index (Phi) is 5.25. The van der Waals surface area contributed by atoms with Gasteiger partial charge in [-0.1, -0.05) is 12.1 Å². The minimum Gasteiger partial charge on any atom is -0.382 e. The van der Waals surface area contributed by atoms with E-state index in [1.807, 2.05) is 0 Å². The van der Waals surface area contributed by atoms with Crippen molar-refractivity contribution in [3.8, 4) is 0 Å². The lowest BCUT2D eigenvalue weighted by atomic mass is 10.0. The van der Waals surface area contributed by atoms with Gasteiger partial charge in [0.15, 0.2) is 0 Å². The van der Waals surface area contributed by atoms with Crippen molar-refractivity contribution in [2.75, 3.05) is 13.7 Å². The Labute approximate surface area is 131 Å². The lowest BCUT2D eigenvalue weighted by molar-refractivity contribution is -0.137. The van der Waals surface area contributed by atoms with Crippen molar-refractivity contribution in [1.82, 2.24) is 10.6 Å². The molecule has 2 rings (SSSR count). The van der Waals surface area contributed by atoms with Crippen molar-refractivity contribution in [3.63, 3.8) is 0 Å². The van der Waals surface area contributed by atoms with Gasteiger partial charge < -0.3 is 15.4 Å². The minimum atomic E-state index is -4.46. The summed E-state index contributed by atoms with van der Waals surface area (Å²) < 4.78 is 43.4. The average molecular weight is 330 g/mol. The predicted molar refractivity (Wildman–Crippen MR) is 75.4 cm³/mol. The number of alkyl halides is 3. The molecule has 2 atom stereocenters. The van der Waals surface area contributed by atoms with Crippen LogP contribution >= 0.6 is 0 Å². The SMILES string of the molecule is COCC(NC(=O)C1CCC(=O)N1)c1cccc(C(F)(F)F)c1. The Morgan fingerprint density at radius 2 is 2.22 bits per heavy atom. The van der Waals surface area contributed by atoms with Gasteiger partial charge in [0.2, 0.25) is 11.8 Å². The van der Waals surface area contributed by atoms with Crippen LogP contribution in [0.5, 0.6) is 0 Å². The standard InChI is InChI=1S/C15H17F3N2O3/c1-23-8-12(20-14(22)11-5-6-13(21)19-11)9-3-2-4-10(7-9)15(16,17)18/h2-4,7,11-12H,5-6,8H2,1H3,(H,19,21)(H,20,22). The van der Waals surface area contributed by atoms with Gasteiger partial charge in [0.1, 0.15) is 6.04 Å². The molecule has 5 nitrogen and oxygen atoms in total. The number of hydrogen-bond acceptors (Lipinski definition) is 3. The number of hydrogen-bond donors (Lipinski definition) is 2. The fourth-order valence-corrected chi connectivity index (χ4v) is 2.40. The molecule has 2 unspecified atom stereocenters. The highest BCUT2D eigenvalue weighted by atomic mass is 19.4. The second-order valence-electron chi connectivity index (χ2n) is 5.30. The zero-order chi connectivity index (χ0) is 17.0. The van der Waals surface area contributed by atoms with E-state index in [-0.39, 0.29) is 18.9 Å². The van der Waals surface area contributed by atoms with Crippen LogP contribution in [0.15, 0.2) is 24.3 Å². The summed E-state index contributed by atoms with van der Waals surface area (Å²) in [7, 11) is 1.39. The minimum absolute atomic E-state index is 0.0215. The van der Waals surface area contributed by atoms with Crippen LogP contribution in [-0.4, -0.2) is 31.6 Å². The smallest absolute Gasteiger partial charge is 0.382 e. The Hall–Kier alpha value is -2.09. The topological polar surface area (TPSA) is 67.4 Å². The molecule has 0 aromatic heterocycles. The van der Waals surface area contributed by atoms with Crippen LogP contribution in [0, 0.1) is 0 Å². The summed E-state index contributed by atoms with van der Waals surface area (Å²) in [4.78, 5) is 23.3. The highest BCUT2D eigenvalue weighted by Crippen LogP contribution is 2.30. The normalized spacial score (nSPS) is 19.3. The van der Waals surface area contributed by atoms with Crippen LogP contribution in [0.25, 0.3) is 0 Å². The van der Waals surface area contributed by atoms with Crippen molar-refractivity contribution in [2.24, 2.45) is 0 Å². The van der Waals surface area contributed by atoms with E-state index in [1.54, 1.807) is 0 Å². The van der Waals surface area contributed by atoms with Crippen molar-refractivity contribution < 1.29 is 27.5 Å². The van der Waals surface area contributed by atoms with Crippen molar-refractivity contribution >= 4 is 11.8 Å². The number of halogens is 3. The Morgan fingerprint density at radius 3 is 2.78 bits per heavy atom. The molecule has 1 heterocycles. The van der Waals surface area contributed by atoms with Crippen LogP contribution in [0.3, 0.4) is 0 Å². The summed E-state index contributed by atoms with van der Waals surface area (Å²) in [5.41, 5.74) is -0.501. The van der Waals surface area contributed by atoms with Gasteiger partial charge in [-0.2, -0.15) is 13.2 Å². The molecule has 0 aliphatic carbocycles. The van der Waals surface area contributed by atoms with Gasteiger partial charge in [-0.25, -0.2) is 0 Å². The molecular weight excluding hydrogens is 313 g/mol. The van der Waals surface area contributed by atoms with Crippen molar-refractivity contribution in [3.05, 3.63) is 35.4 Å². The van der Waals surface area contributed by atoms with Crippen LogP contribution in [0.2, 0.25) is 0 Å². The molecule has 0 radical (unpaired) electrons. The molecular formula is C15H17F3N2O3. The molecule has 8 heteroatoms. The summed E-state index contributed by atoms with van der Waals surface area (Å²) in [6, 6.07) is 3.33. The third kappa shape index (κ3) is 4.44. The molecule has 1 saturated heterocycles. The van der Waals surface area contributed by atoms with Gasteiger partial charge >= 0.3 is 6.18 Å². The van der Waals surface area contributed by atoms with E-state index in [0.717, 1.165) is 12.1 Å². The molecule has 1 aromatic rings. The Morgan fingerprint density at radius 1 is 1.48 bits per heavy atom. The molecule has 2 amide bonds.